The van der Waals surface area contributed by atoms with Gasteiger partial charge in [0.25, 0.3) is 0 Å². The molecule has 1 N–H and O–H groups in total. The van der Waals surface area contributed by atoms with Crippen LogP contribution in [0.1, 0.15) is 64.2 Å². The van der Waals surface area contributed by atoms with Crippen LogP contribution in [0.4, 0.5) is 0 Å². The summed E-state index contributed by atoms with van der Waals surface area (Å²) in [5.74, 6) is 1.62. The molecule has 2 rings (SSSR count). The second kappa shape index (κ2) is 6.48. The number of piperidine rings is 1. The molecule has 1 saturated heterocycles. The number of hydrogen-bond acceptors (Lipinski definition) is 5. The Kier molecular flexibility index (Phi) is 4.93. The largest absolute Gasteiger partial charge is 0.424 e. The van der Waals surface area contributed by atoms with Crippen molar-refractivity contribution in [2.45, 2.75) is 71.1 Å². The van der Waals surface area contributed by atoms with Gasteiger partial charge in [-0.25, -0.2) is 0 Å². The minimum atomic E-state index is -0.257. The molecule has 1 fully saturated rings. The molecule has 19 heavy (non-hydrogen) atoms. The van der Waals surface area contributed by atoms with E-state index >= 15 is 0 Å². The topological polar surface area (TPSA) is 62.4 Å². The molecule has 0 aromatic carbocycles. The third kappa shape index (κ3) is 3.54. The quantitative estimate of drug-likeness (QED) is 0.887. The van der Waals surface area contributed by atoms with E-state index in [4.69, 9.17) is 4.42 Å². The highest BCUT2D eigenvalue weighted by atomic mass is 16.4. The molecule has 0 radical (unpaired) electrons. The Morgan fingerprint density at radius 1 is 1.37 bits per heavy atom. The molecule has 0 spiro atoms. The molecular weight excluding hydrogens is 242 g/mol. The first-order valence-electron chi connectivity index (χ1n) is 7.36. The fourth-order valence-corrected chi connectivity index (χ4v) is 2.66. The van der Waals surface area contributed by atoms with Crippen molar-refractivity contribution in [3.05, 3.63) is 11.8 Å². The van der Waals surface area contributed by atoms with Crippen molar-refractivity contribution >= 4 is 0 Å². The van der Waals surface area contributed by atoms with E-state index in [0.717, 1.165) is 19.4 Å². The lowest BCUT2D eigenvalue weighted by Gasteiger charge is -2.37. The molecule has 1 aliphatic heterocycles. The van der Waals surface area contributed by atoms with Gasteiger partial charge in [0, 0.05) is 12.0 Å². The number of likely N-dealkylation sites (tertiary alicyclic amines) is 1. The number of aliphatic hydroxyl groups is 1. The molecular formula is C14H25N3O2. The highest BCUT2D eigenvalue weighted by Gasteiger charge is 2.29. The minimum Gasteiger partial charge on any atom is -0.424 e. The number of hydrogen-bond donors (Lipinski definition) is 1. The van der Waals surface area contributed by atoms with Gasteiger partial charge >= 0.3 is 0 Å². The highest BCUT2D eigenvalue weighted by molar-refractivity contribution is 4.90. The second-order valence-electron chi connectivity index (χ2n) is 5.70. The first-order chi connectivity index (χ1) is 9.11. The van der Waals surface area contributed by atoms with Crippen molar-refractivity contribution in [3.63, 3.8) is 0 Å². The summed E-state index contributed by atoms with van der Waals surface area (Å²) in [5.41, 5.74) is 0. The van der Waals surface area contributed by atoms with Crippen LogP contribution in [-0.2, 0) is 6.54 Å². The number of nitrogens with zero attached hydrogens (tertiary/aromatic N) is 3. The SMILES string of the molecule is CCC(O)C1CCCCN1Cc1nnc(C(C)C)o1. The predicted octanol–water partition coefficient (Wildman–Crippen LogP) is 2.32. The second-order valence-corrected chi connectivity index (χ2v) is 5.70. The molecule has 5 heteroatoms. The molecule has 0 saturated carbocycles. The van der Waals surface area contributed by atoms with Crippen LogP contribution in [0.15, 0.2) is 4.42 Å². The first kappa shape index (κ1) is 14.5. The van der Waals surface area contributed by atoms with Crippen LogP contribution < -0.4 is 0 Å². The zero-order chi connectivity index (χ0) is 13.8. The standard InChI is InChI=1S/C14H25N3O2/c1-4-12(18)11-7-5-6-8-17(11)9-13-15-16-14(19-13)10(2)3/h10-12,18H,4-9H2,1-3H3. The summed E-state index contributed by atoms with van der Waals surface area (Å²) in [6.07, 6.45) is 3.97. The first-order valence-corrected chi connectivity index (χ1v) is 7.36. The fraction of sp³-hybridized carbons (Fsp3) is 0.857. The van der Waals surface area contributed by atoms with E-state index in [2.05, 4.69) is 15.1 Å². The van der Waals surface area contributed by atoms with Crippen molar-refractivity contribution < 1.29 is 9.52 Å². The molecule has 108 valence electrons. The number of aromatic nitrogens is 2. The molecule has 0 amide bonds. The summed E-state index contributed by atoms with van der Waals surface area (Å²) in [6, 6.07) is 0.230. The maximum Gasteiger partial charge on any atom is 0.230 e. The van der Waals surface area contributed by atoms with Crippen LogP contribution in [0.5, 0.6) is 0 Å². The smallest absolute Gasteiger partial charge is 0.230 e. The molecule has 2 unspecified atom stereocenters. The van der Waals surface area contributed by atoms with Crippen LogP contribution in [0, 0.1) is 0 Å². The van der Waals surface area contributed by atoms with Gasteiger partial charge in [-0.1, -0.05) is 27.2 Å². The molecule has 5 nitrogen and oxygen atoms in total. The average molecular weight is 267 g/mol. The molecule has 2 heterocycles. The zero-order valence-corrected chi connectivity index (χ0v) is 12.2. The van der Waals surface area contributed by atoms with Gasteiger partial charge < -0.3 is 9.52 Å². The van der Waals surface area contributed by atoms with E-state index in [-0.39, 0.29) is 18.1 Å². The van der Waals surface area contributed by atoms with Crippen LogP contribution >= 0.6 is 0 Å². The lowest BCUT2D eigenvalue weighted by atomic mass is 9.96. The zero-order valence-electron chi connectivity index (χ0n) is 12.2. The third-order valence-electron chi connectivity index (χ3n) is 3.84. The monoisotopic (exact) mass is 267 g/mol. The van der Waals surface area contributed by atoms with E-state index in [9.17, 15) is 5.11 Å². The van der Waals surface area contributed by atoms with Crippen molar-refractivity contribution in [1.29, 1.82) is 0 Å². The fourth-order valence-electron chi connectivity index (χ4n) is 2.66. The van der Waals surface area contributed by atoms with Gasteiger partial charge in [0.05, 0.1) is 12.6 Å². The van der Waals surface area contributed by atoms with Gasteiger partial charge in [0.2, 0.25) is 11.8 Å². The van der Waals surface area contributed by atoms with Crippen LogP contribution in [0.2, 0.25) is 0 Å². The molecule has 0 bridgehead atoms. The maximum absolute atomic E-state index is 10.1. The van der Waals surface area contributed by atoms with Crippen molar-refractivity contribution in [3.8, 4) is 0 Å². The highest BCUT2D eigenvalue weighted by Crippen LogP contribution is 2.23. The summed E-state index contributed by atoms with van der Waals surface area (Å²) in [4.78, 5) is 2.29. The molecule has 1 aromatic heterocycles. The minimum absolute atomic E-state index is 0.230. The van der Waals surface area contributed by atoms with Gasteiger partial charge in [0.15, 0.2) is 0 Å². The van der Waals surface area contributed by atoms with E-state index < -0.39 is 0 Å². The van der Waals surface area contributed by atoms with Crippen molar-refractivity contribution in [2.24, 2.45) is 0 Å². The Morgan fingerprint density at radius 2 is 2.16 bits per heavy atom. The predicted molar refractivity (Wildman–Crippen MR) is 72.7 cm³/mol. The Hall–Kier alpha value is -0.940. The Morgan fingerprint density at radius 3 is 2.79 bits per heavy atom. The molecule has 2 atom stereocenters. The van der Waals surface area contributed by atoms with E-state index in [1.54, 1.807) is 0 Å². The van der Waals surface area contributed by atoms with E-state index in [1.807, 2.05) is 20.8 Å². The van der Waals surface area contributed by atoms with Crippen LogP contribution in [0.3, 0.4) is 0 Å². The normalized spacial score (nSPS) is 22.9. The summed E-state index contributed by atoms with van der Waals surface area (Å²) in [6.45, 7) is 7.77. The van der Waals surface area contributed by atoms with Crippen LogP contribution in [-0.4, -0.2) is 38.9 Å². The van der Waals surface area contributed by atoms with Gasteiger partial charge in [-0.3, -0.25) is 4.90 Å². The number of rotatable bonds is 5. The summed E-state index contributed by atoms with van der Waals surface area (Å²) in [7, 11) is 0. The molecule has 1 aliphatic rings. The summed E-state index contributed by atoms with van der Waals surface area (Å²) < 4.78 is 5.66. The van der Waals surface area contributed by atoms with E-state index in [0.29, 0.717) is 18.3 Å². The summed E-state index contributed by atoms with van der Waals surface area (Å²) >= 11 is 0. The van der Waals surface area contributed by atoms with Crippen molar-refractivity contribution in [1.82, 2.24) is 15.1 Å². The summed E-state index contributed by atoms with van der Waals surface area (Å²) in [5, 5.41) is 18.3. The number of aliphatic hydroxyl groups excluding tert-OH is 1. The lowest BCUT2D eigenvalue weighted by molar-refractivity contribution is 0.0152. The van der Waals surface area contributed by atoms with Crippen LogP contribution in [0.25, 0.3) is 0 Å². The van der Waals surface area contributed by atoms with Gasteiger partial charge in [-0.15, -0.1) is 10.2 Å². The third-order valence-corrected chi connectivity index (χ3v) is 3.84. The van der Waals surface area contributed by atoms with Gasteiger partial charge in [-0.05, 0) is 25.8 Å². The Labute approximate surface area is 115 Å². The van der Waals surface area contributed by atoms with Gasteiger partial charge in [-0.2, -0.15) is 0 Å². The van der Waals surface area contributed by atoms with Gasteiger partial charge in [0.1, 0.15) is 0 Å². The Bertz CT molecular complexity index is 392. The lowest BCUT2D eigenvalue weighted by Crippen LogP contribution is -2.46. The van der Waals surface area contributed by atoms with Crippen molar-refractivity contribution in [2.75, 3.05) is 6.54 Å². The van der Waals surface area contributed by atoms with E-state index in [1.165, 1.54) is 12.8 Å². The average Bonchev–Trinajstić information content (AvgIpc) is 2.87. The Balaban J connectivity index is 2.02. The molecule has 0 aliphatic carbocycles. The molecule has 1 aromatic rings. The maximum atomic E-state index is 10.1.